The van der Waals surface area contributed by atoms with Crippen LogP contribution in [0.4, 0.5) is 5.69 Å². The SMILES string of the molecule is O=Nc1cc(OCc2ccccc2)ccc1Cl. The molecule has 0 unspecified atom stereocenters. The van der Waals surface area contributed by atoms with Crippen molar-refractivity contribution >= 4 is 17.3 Å². The molecule has 2 aromatic rings. The van der Waals surface area contributed by atoms with E-state index in [0.29, 0.717) is 17.4 Å². The number of halogens is 1. The standard InChI is InChI=1S/C13H10ClNO2/c14-12-7-6-11(8-13(12)15-16)17-9-10-4-2-1-3-5-10/h1-8H,9H2. The number of benzene rings is 2. The third kappa shape index (κ3) is 3.04. The van der Waals surface area contributed by atoms with Crippen LogP contribution in [0.25, 0.3) is 0 Å². The van der Waals surface area contributed by atoms with E-state index in [0.717, 1.165) is 5.56 Å². The van der Waals surface area contributed by atoms with Crippen LogP contribution in [0.2, 0.25) is 5.02 Å². The van der Waals surface area contributed by atoms with Gasteiger partial charge in [0.1, 0.15) is 18.0 Å². The molecule has 0 atom stereocenters. The van der Waals surface area contributed by atoms with E-state index in [2.05, 4.69) is 5.18 Å². The van der Waals surface area contributed by atoms with Crippen molar-refractivity contribution in [2.24, 2.45) is 5.18 Å². The molecule has 0 fully saturated rings. The fourth-order valence-corrected chi connectivity index (χ4v) is 1.55. The molecular formula is C13H10ClNO2. The zero-order valence-corrected chi connectivity index (χ0v) is 9.72. The summed E-state index contributed by atoms with van der Waals surface area (Å²) in [6, 6.07) is 14.6. The fraction of sp³-hybridized carbons (Fsp3) is 0.0769. The Balaban J connectivity index is 2.07. The summed E-state index contributed by atoms with van der Waals surface area (Å²) in [5.74, 6) is 0.577. The average molecular weight is 248 g/mol. The minimum atomic E-state index is 0.192. The topological polar surface area (TPSA) is 38.7 Å². The third-order valence-corrected chi connectivity index (χ3v) is 2.58. The molecule has 2 rings (SSSR count). The van der Waals surface area contributed by atoms with E-state index in [1.807, 2.05) is 30.3 Å². The molecule has 86 valence electrons. The number of hydrogen-bond donors (Lipinski definition) is 0. The second kappa shape index (κ2) is 5.46. The summed E-state index contributed by atoms with van der Waals surface area (Å²) in [6.45, 7) is 0.445. The van der Waals surface area contributed by atoms with Gasteiger partial charge in [0.25, 0.3) is 0 Å². The second-order valence-corrected chi connectivity index (χ2v) is 3.89. The number of hydrogen-bond acceptors (Lipinski definition) is 3. The highest BCUT2D eigenvalue weighted by atomic mass is 35.5. The van der Waals surface area contributed by atoms with Crippen LogP contribution >= 0.6 is 11.6 Å². The van der Waals surface area contributed by atoms with Gasteiger partial charge in [-0.3, -0.25) is 0 Å². The van der Waals surface area contributed by atoms with Gasteiger partial charge < -0.3 is 4.74 Å². The normalized spacial score (nSPS) is 9.94. The third-order valence-electron chi connectivity index (χ3n) is 2.26. The maximum atomic E-state index is 10.5. The first-order valence-electron chi connectivity index (χ1n) is 5.09. The highest BCUT2D eigenvalue weighted by molar-refractivity contribution is 6.33. The molecular weight excluding hydrogens is 238 g/mol. The van der Waals surface area contributed by atoms with Crippen LogP contribution in [-0.2, 0) is 6.61 Å². The molecule has 0 heterocycles. The molecule has 0 spiro atoms. The Bertz CT molecular complexity index is 514. The number of nitroso groups, excluding NO2 is 1. The lowest BCUT2D eigenvalue weighted by molar-refractivity contribution is 0.306. The van der Waals surface area contributed by atoms with E-state index >= 15 is 0 Å². The lowest BCUT2D eigenvalue weighted by atomic mass is 10.2. The molecule has 0 saturated carbocycles. The van der Waals surface area contributed by atoms with Crippen molar-refractivity contribution in [2.45, 2.75) is 6.61 Å². The van der Waals surface area contributed by atoms with Gasteiger partial charge in [0.2, 0.25) is 0 Å². The maximum absolute atomic E-state index is 10.5. The van der Waals surface area contributed by atoms with Gasteiger partial charge in [0.15, 0.2) is 0 Å². The highest BCUT2D eigenvalue weighted by Crippen LogP contribution is 2.29. The van der Waals surface area contributed by atoms with Gasteiger partial charge in [-0.25, -0.2) is 0 Å². The Labute approximate surface area is 104 Å². The van der Waals surface area contributed by atoms with Crippen molar-refractivity contribution in [3.8, 4) is 5.75 Å². The Morgan fingerprint density at radius 1 is 1.12 bits per heavy atom. The van der Waals surface area contributed by atoms with Crippen LogP contribution in [0.5, 0.6) is 5.75 Å². The lowest BCUT2D eigenvalue weighted by Crippen LogP contribution is -1.94. The molecule has 0 aliphatic carbocycles. The second-order valence-electron chi connectivity index (χ2n) is 3.48. The Hall–Kier alpha value is -1.87. The minimum Gasteiger partial charge on any atom is -0.489 e. The van der Waals surface area contributed by atoms with Crippen molar-refractivity contribution in [2.75, 3.05) is 0 Å². The molecule has 0 radical (unpaired) electrons. The highest BCUT2D eigenvalue weighted by Gasteiger charge is 2.03. The minimum absolute atomic E-state index is 0.192. The van der Waals surface area contributed by atoms with Crippen LogP contribution in [0.3, 0.4) is 0 Å². The summed E-state index contributed by atoms with van der Waals surface area (Å²) in [6.07, 6.45) is 0. The van der Waals surface area contributed by atoms with Gasteiger partial charge in [-0.1, -0.05) is 41.9 Å². The number of ether oxygens (including phenoxy) is 1. The predicted octanol–water partition coefficient (Wildman–Crippen LogP) is 4.32. The molecule has 0 aliphatic heterocycles. The summed E-state index contributed by atoms with van der Waals surface area (Å²) in [7, 11) is 0. The zero-order chi connectivity index (χ0) is 12.1. The van der Waals surface area contributed by atoms with Gasteiger partial charge in [-0.2, -0.15) is 0 Å². The molecule has 3 nitrogen and oxygen atoms in total. The molecule has 0 N–H and O–H groups in total. The first-order valence-corrected chi connectivity index (χ1v) is 5.47. The van der Waals surface area contributed by atoms with Gasteiger partial charge in [-0.05, 0) is 22.9 Å². The quantitative estimate of drug-likeness (QED) is 0.755. The van der Waals surface area contributed by atoms with Gasteiger partial charge in [-0.15, -0.1) is 4.91 Å². The zero-order valence-electron chi connectivity index (χ0n) is 8.97. The number of nitrogens with zero attached hydrogens (tertiary/aromatic N) is 1. The Kier molecular flexibility index (Phi) is 3.73. The predicted molar refractivity (Wildman–Crippen MR) is 67.7 cm³/mol. The maximum Gasteiger partial charge on any atom is 0.130 e. The van der Waals surface area contributed by atoms with Crippen LogP contribution in [0.1, 0.15) is 5.56 Å². The first-order chi connectivity index (χ1) is 8.29. The van der Waals surface area contributed by atoms with Crippen LogP contribution in [0.15, 0.2) is 53.7 Å². The Morgan fingerprint density at radius 2 is 1.88 bits per heavy atom. The number of rotatable bonds is 4. The van der Waals surface area contributed by atoms with Gasteiger partial charge >= 0.3 is 0 Å². The van der Waals surface area contributed by atoms with Crippen LogP contribution in [0, 0.1) is 4.91 Å². The molecule has 17 heavy (non-hydrogen) atoms. The Morgan fingerprint density at radius 3 is 2.59 bits per heavy atom. The molecule has 4 heteroatoms. The fourth-order valence-electron chi connectivity index (χ4n) is 1.39. The van der Waals surface area contributed by atoms with Crippen molar-refractivity contribution in [3.05, 3.63) is 64.0 Å². The van der Waals surface area contributed by atoms with E-state index in [-0.39, 0.29) is 5.69 Å². The molecule has 2 aromatic carbocycles. The summed E-state index contributed by atoms with van der Waals surface area (Å²) in [4.78, 5) is 10.5. The van der Waals surface area contributed by atoms with Crippen molar-refractivity contribution in [1.82, 2.24) is 0 Å². The summed E-state index contributed by atoms with van der Waals surface area (Å²) in [5.41, 5.74) is 1.25. The summed E-state index contributed by atoms with van der Waals surface area (Å²) < 4.78 is 5.53. The van der Waals surface area contributed by atoms with Gasteiger partial charge in [0, 0.05) is 6.07 Å². The van der Waals surface area contributed by atoms with E-state index < -0.39 is 0 Å². The van der Waals surface area contributed by atoms with E-state index in [1.165, 1.54) is 6.07 Å². The molecule has 0 aliphatic rings. The smallest absolute Gasteiger partial charge is 0.130 e. The van der Waals surface area contributed by atoms with Gasteiger partial charge in [0.05, 0.1) is 5.02 Å². The lowest BCUT2D eigenvalue weighted by Gasteiger charge is -2.06. The van der Waals surface area contributed by atoms with Crippen LogP contribution in [-0.4, -0.2) is 0 Å². The van der Waals surface area contributed by atoms with Crippen molar-refractivity contribution in [3.63, 3.8) is 0 Å². The average Bonchev–Trinajstić information content (AvgIpc) is 2.39. The molecule has 0 saturated heterocycles. The first kappa shape index (κ1) is 11.6. The summed E-state index contributed by atoms with van der Waals surface area (Å²) in [5, 5.41) is 3.15. The van der Waals surface area contributed by atoms with E-state index in [9.17, 15) is 4.91 Å². The van der Waals surface area contributed by atoms with Crippen LogP contribution < -0.4 is 4.74 Å². The molecule has 0 amide bonds. The van der Waals surface area contributed by atoms with Crippen molar-refractivity contribution < 1.29 is 4.74 Å². The molecule has 0 bridgehead atoms. The van der Waals surface area contributed by atoms with E-state index in [4.69, 9.17) is 16.3 Å². The van der Waals surface area contributed by atoms with E-state index in [1.54, 1.807) is 12.1 Å². The largest absolute Gasteiger partial charge is 0.489 e. The van der Waals surface area contributed by atoms with Crippen molar-refractivity contribution in [1.29, 1.82) is 0 Å². The molecule has 0 aromatic heterocycles. The monoisotopic (exact) mass is 247 g/mol. The summed E-state index contributed by atoms with van der Waals surface area (Å²) >= 11 is 5.76.